The summed E-state index contributed by atoms with van der Waals surface area (Å²) < 4.78 is 27.2. The number of amides is 1. The molecule has 0 aromatic heterocycles. The van der Waals surface area contributed by atoms with Gasteiger partial charge in [0.15, 0.2) is 0 Å². The lowest BCUT2D eigenvalue weighted by Crippen LogP contribution is -2.58. The summed E-state index contributed by atoms with van der Waals surface area (Å²) in [6.07, 6.45) is 6.34. The molecule has 5 heteroatoms. The lowest BCUT2D eigenvalue weighted by Gasteiger charge is -2.59. The molecule has 1 amide bonds. The first-order chi connectivity index (χ1) is 11.3. The van der Waals surface area contributed by atoms with Crippen LogP contribution in [0, 0.1) is 28.9 Å². The van der Waals surface area contributed by atoms with Crippen LogP contribution in [-0.2, 0) is 4.79 Å². The Labute approximate surface area is 149 Å². The third-order valence-corrected chi connectivity index (χ3v) is 7.18. The van der Waals surface area contributed by atoms with Crippen molar-refractivity contribution in [2.24, 2.45) is 17.3 Å². The predicted molar refractivity (Wildman–Crippen MR) is 91.7 cm³/mol. The highest BCUT2D eigenvalue weighted by molar-refractivity contribution is 9.10. The third kappa shape index (κ3) is 2.69. The van der Waals surface area contributed by atoms with Gasteiger partial charge in [-0.05, 0) is 63.4 Å². The van der Waals surface area contributed by atoms with Gasteiger partial charge >= 0.3 is 0 Å². The predicted octanol–water partition coefficient (Wildman–Crippen LogP) is 4.88. The van der Waals surface area contributed by atoms with Crippen LogP contribution < -0.4 is 5.32 Å². The maximum atomic E-state index is 14.0. The average molecular weight is 398 g/mol. The lowest BCUT2D eigenvalue weighted by atomic mass is 9.49. The highest BCUT2D eigenvalue weighted by atomic mass is 79.9. The van der Waals surface area contributed by atoms with E-state index in [-0.39, 0.29) is 15.6 Å². The second-order valence-corrected chi connectivity index (χ2v) is 9.94. The Kier molecular flexibility index (Phi) is 3.79. The molecule has 1 aromatic carbocycles. The maximum Gasteiger partial charge on any atom is 0.226 e. The van der Waals surface area contributed by atoms with E-state index >= 15 is 0 Å². The van der Waals surface area contributed by atoms with Crippen LogP contribution in [0.1, 0.15) is 57.1 Å². The molecular weight excluding hydrogens is 376 g/mol. The largest absolute Gasteiger partial charge is 0.349 e. The molecule has 2 unspecified atom stereocenters. The fraction of sp³-hybridized carbons (Fsp3) is 0.632. The van der Waals surface area contributed by atoms with Crippen LogP contribution in [0.2, 0.25) is 0 Å². The average Bonchev–Trinajstić information content (AvgIpc) is 2.44. The number of halogens is 3. The number of benzene rings is 1. The Morgan fingerprint density at radius 2 is 1.92 bits per heavy atom. The highest BCUT2D eigenvalue weighted by Gasteiger charge is 2.59. The molecule has 4 saturated carbocycles. The van der Waals surface area contributed by atoms with Crippen LogP contribution in [-0.4, -0.2) is 10.2 Å². The normalized spacial score (nSPS) is 38.2. The van der Waals surface area contributed by atoms with Crippen LogP contribution in [0.5, 0.6) is 0 Å². The van der Waals surface area contributed by atoms with Gasteiger partial charge in [-0.1, -0.05) is 22.0 Å². The van der Waals surface area contributed by atoms with E-state index in [1.54, 1.807) is 6.92 Å². The molecule has 0 spiro atoms. The number of hydrogen-bond acceptors (Lipinski definition) is 1. The Hall–Kier alpha value is -0.970. The van der Waals surface area contributed by atoms with E-state index in [9.17, 15) is 13.6 Å². The number of carbonyl (C=O) groups is 1. The molecule has 130 valence electrons. The molecule has 4 aliphatic rings. The van der Waals surface area contributed by atoms with Crippen molar-refractivity contribution in [1.29, 1.82) is 0 Å². The van der Waals surface area contributed by atoms with Crippen molar-refractivity contribution >= 4 is 21.8 Å². The molecule has 4 bridgehead atoms. The number of rotatable bonds is 3. The number of carbonyl (C=O) groups excluding carboxylic acids is 1. The van der Waals surface area contributed by atoms with E-state index < -0.39 is 17.7 Å². The van der Waals surface area contributed by atoms with Crippen molar-refractivity contribution in [3.05, 3.63) is 35.4 Å². The fourth-order valence-corrected chi connectivity index (χ4v) is 7.15. The lowest BCUT2D eigenvalue weighted by molar-refractivity contribution is -0.144. The SMILES string of the molecule is C[C@H](NC(=O)C12C[C@@H]3C[C@@H](CC(Br)(C3)C1)C2)c1ccc(F)cc1F. The summed E-state index contributed by atoms with van der Waals surface area (Å²) in [4.78, 5) is 13.1. The molecular formula is C19H22BrF2NO. The van der Waals surface area contributed by atoms with E-state index in [1.165, 1.54) is 31.4 Å². The minimum Gasteiger partial charge on any atom is -0.349 e. The first kappa shape index (κ1) is 16.5. The monoisotopic (exact) mass is 397 g/mol. The Morgan fingerprint density at radius 3 is 2.50 bits per heavy atom. The van der Waals surface area contributed by atoms with Gasteiger partial charge in [0, 0.05) is 16.0 Å². The third-order valence-electron chi connectivity index (χ3n) is 6.25. The molecule has 5 atom stereocenters. The summed E-state index contributed by atoms with van der Waals surface area (Å²) in [5, 5.41) is 3.01. The molecule has 4 fully saturated rings. The second-order valence-electron chi connectivity index (χ2n) is 8.25. The number of alkyl halides is 1. The van der Waals surface area contributed by atoms with Crippen LogP contribution >= 0.6 is 15.9 Å². The number of hydrogen-bond donors (Lipinski definition) is 1. The zero-order valence-corrected chi connectivity index (χ0v) is 15.3. The van der Waals surface area contributed by atoms with Crippen molar-refractivity contribution in [3.63, 3.8) is 0 Å². The van der Waals surface area contributed by atoms with Gasteiger partial charge in [-0.2, -0.15) is 0 Å². The first-order valence-corrected chi connectivity index (χ1v) is 9.53. The quantitative estimate of drug-likeness (QED) is 0.723. The summed E-state index contributed by atoms with van der Waals surface area (Å²) in [5.74, 6) is 0.0718. The minimum atomic E-state index is -0.606. The van der Waals surface area contributed by atoms with Crippen molar-refractivity contribution in [2.75, 3.05) is 0 Å². The Morgan fingerprint density at radius 1 is 1.25 bits per heavy atom. The molecule has 0 aliphatic heterocycles. The smallest absolute Gasteiger partial charge is 0.226 e. The molecule has 2 nitrogen and oxygen atoms in total. The molecule has 0 heterocycles. The van der Waals surface area contributed by atoms with E-state index in [0.29, 0.717) is 17.4 Å². The Balaban J connectivity index is 1.54. The maximum absolute atomic E-state index is 14.0. The molecule has 5 rings (SSSR count). The van der Waals surface area contributed by atoms with Gasteiger partial charge in [-0.15, -0.1) is 0 Å². The minimum absolute atomic E-state index is 0.0386. The van der Waals surface area contributed by atoms with Crippen LogP contribution in [0.4, 0.5) is 8.78 Å². The molecule has 1 aromatic rings. The van der Waals surface area contributed by atoms with Gasteiger partial charge in [0.2, 0.25) is 5.91 Å². The van der Waals surface area contributed by atoms with Gasteiger partial charge in [-0.25, -0.2) is 8.78 Å². The van der Waals surface area contributed by atoms with Crippen molar-refractivity contribution in [2.45, 2.75) is 55.8 Å². The summed E-state index contributed by atoms with van der Waals surface area (Å²) in [5.41, 5.74) is 0.0151. The zero-order valence-electron chi connectivity index (χ0n) is 13.7. The molecule has 4 aliphatic carbocycles. The fourth-order valence-electron chi connectivity index (χ4n) is 5.70. The van der Waals surface area contributed by atoms with Crippen molar-refractivity contribution < 1.29 is 13.6 Å². The van der Waals surface area contributed by atoms with E-state index in [4.69, 9.17) is 0 Å². The topological polar surface area (TPSA) is 29.1 Å². The molecule has 0 saturated heterocycles. The first-order valence-electron chi connectivity index (χ1n) is 8.73. The summed E-state index contributed by atoms with van der Waals surface area (Å²) in [6.45, 7) is 1.76. The van der Waals surface area contributed by atoms with Crippen LogP contribution in [0.15, 0.2) is 18.2 Å². The summed E-state index contributed by atoms with van der Waals surface area (Å²) >= 11 is 3.91. The zero-order chi connectivity index (χ0) is 17.1. The summed E-state index contributed by atoms with van der Waals surface area (Å²) in [7, 11) is 0. The molecule has 1 N–H and O–H groups in total. The van der Waals surface area contributed by atoms with E-state index in [0.717, 1.165) is 25.3 Å². The molecule has 0 radical (unpaired) electrons. The van der Waals surface area contributed by atoms with Gasteiger partial charge in [-0.3, -0.25) is 4.79 Å². The van der Waals surface area contributed by atoms with Gasteiger partial charge in [0.05, 0.1) is 11.5 Å². The van der Waals surface area contributed by atoms with Crippen molar-refractivity contribution in [1.82, 2.24) is 5.32 Å². The Bertz CT molecular complexity index is 678. The van der Waals surface area contributed by atoms with E-state index in [1.807, 2.05) is 0 Å². The highest BCUT2D eigenvalue weighted by Crippen LogP contribution is 2.64. The van der Waals surface area contributed by atoms with Crippen LogP contribution in [0.25, 0.3) is 0 Å². The van der Waals surface area contributed by atoms with E-state index in [2.05, 4.69) is 21.2 Å². The second kappa shape index (κ2) is 5.52. The van der Waals surface area contributed by atoms with Gasteiger partial charge in [0.25, 0.3) is 0 Å². The van der Waals surface area contributed by atoms with Crippen LogP contribution in [0.3, 0.4) is 0 Å². The molecule has 24 heavy (non-hydrogen) atoms. The summed E-state index contributed by atoms with van der Waals surface area (Å²) in [6, 6.07) is 3.06. The van der Waals surface area contributed by atoms with Gasteiger partial charge in [0.1, 0.15) is 11.6 Å². The van der Waals surface area contributed by atoms with Crippen molar-refractivity contribution in [3.8, 4) is 0 Å². The number of nitrogens with one attached hydrogen (secondary N) is 1. The van der Waals surface area contributed by atoms with Gasteiger partial charge < -0.3 is 5.32 Å². The standard InChI is InChI=1S/C19H22BrF2NO/c1-11(15-3-2-14(21)5-16(15)22)23-17(24)18-6-12-4-13(7-18)9-19(20,8-12)10-18/h2-3,5,11-13H,4,6-10H2,1H3,(H,23,24)/t11-,12-,13+,18?,19?/m0/s1.